The summed E-state index contributed by atoms with van der Waals surface area (Å²) in [6.45, 7) is 2.28. The van der Waals surface area contributed by atoms with Gasteiger partial charge >= 0.3 is 0 Å². The van der Waals surface area contributed by atoms with Crippen LogP contribution in [0.1, 0.15) is 19.0 Å². The van der Waals surface area contributed by atoms with E-state index in [1.54, 1.807) is 6.20 Å². The molecule has 2 aliphatic rings. The molecule has 3 aromatic rings. The molecule has 0 amide bonds. The lowest BCUT2D eigenvalue weighted by atomic mass is 9.68. The van der Waals surface area contributed by atoms with Gasteiger partial charge in [0.25, 0.3) is 0 Å². The van der Waals surface area contributed by atoms with Crippen molar-refractivity contribution in [3.8, 4) is 11.8 Å². The number of anilines is 2. The third-order valence-electron chi connectivity index (χ3n) is 5.65. The quantitative estimate of drug-likeness (QED) is 0.673. The van der Waals surface area contributed by atoms with Gasteiger partial charge in [-0.1, -0.05) is 73.5 Å². The van der Waals surface area contributed by atoms with Crippen LogP contribution in [-0.2, 0) is 0 Å². The van der Waals surface area contributed by atoms with Crippen LogP contribution in [0.5, 0.6) is 0 Å². The Morgan fingerprint density at radius 3 is 2.70 bits per heavy atom. The molecular formula is C27H21N3. The van der Waals surface area contributed by atoms with Gasteiger partial charge in [-0.3, -0.25) is 0 Å². The van der Waals surface area contributed by atoms with Crippen LogP contribution in [0.15, 0.2) is 90.7 Å². The molecule has 1 aromatic carbocycles. The van der Waals surface area contributed by atoms with Crippen LogP contribution in [-0.4, -0.2) is 9.97 Å². The van der Waals surface area contributed by atoms with Crippen molar-refractivity contribution in [3.63, 3.8) is 0 Å². The molecular weight excluding hydrogens is 366 g/mol. The molecule has 5 rings (SSSR count). The van der Waals surface area contributed by atoms with Crippen LogP contribution in [0.3, 0.4) is 0 Å². The first-order valence-corrected chi connectivity index (χ1v) is 10.1. The summed E-state index contributed by atoms with van der Waals surface area (Å²) < 4.78 is 0. The molecule has 0 saturated carbocycles. The molecule has 0 saturated heterocycles. The lowest BCUT2D eigenvalue weighted by molar-refractivity contribution is 0.556. The van der Waals surface area contributed by atoms with Gasteiger partial charge in [-0.25, -0.2) is 9.97 Å². The third kappa shape index (κ3) is 3.33. The van der Waals surface area contributed by atoms with Crippen molar-refractivity contribution in [1.82, 2.24) is 9.97 Å². The Hall–Kier alpha value is -3.90. The molecule has 3 nitrogen and oxygen atoms in total. The number of pyridine rings is 2. The number of rotatable bonds is 2. The van der Waals surface area contributed by atoms with E-state index in [4.69, 9.17) is 0 Å². The topological polar surface area (TPSA) is 37.8 Å². The van der Waals surface area contributed by atoms with Crippen LogP contribution in [0, 0.1) is 17.3 Å². The Kier molecular flexibility index (Phi) is 4.53. The summed E-state index contributed by atoms with van der Waals surface area (Å²) >= 11 is 0. The van der Waals surface area contributed by atoms with Gasteiger partial charge in [0, 0.05) is 17.2 Å². The zero-order chi connectivity index (χ0) is 20.4. The molecule has 3 heteroatoms. The Morgan fingerprint density at radius 1 is 0.933 bits per heavy atom. The maximum absolute atomic E-state index is 4.66. The Balaban J connectivity index is 1.57. The van der Waals surface area contributed by atoms with Crippen LogP contribution in [0.2, 0.25) is 0 Å². The molecule has 0 fully saturated rings. The fraction of sp³-hybridized carbons (Fsp3) is 0.111. The smallest absolute Gasteiger partial charge is 0.132 e. The van der Waals surface area contributed by atoms with E-state index < -0.39 is 0 Å². The van der Waals surface area contributed by atoms with Crippen molar-refractivity contribution in [1.29, 1.82) is 0 Å². The number of hydrogen-bond donors (Lipinski definition) is 1. The van der Waals surface area contributed by atoms with Crippen molar-refractivity contribution < 1.29 is 0 Å². The van der Waals surface area contributed by atoms with Crippen molar-refractivity contribution in [2.75, 3.05) is 5.32 Å². The molecule has 30 heavy (non-hydrogen) atoms. The fourth-order valence-electron chi connectivity index (χ4n) is 4.02. The first kappa shape index (κ1) is 18.1. The van der Waals surface area contributed by atoms with Gasteiger partial charge in [-0.05, 0) is 52.6 Å². The zero-order valence-electron chi connectivity index (χ0n) is 16.8. The lowest BCUT2D eigenvalue weighted by Crippen LogP contribution is -2.38. The van der Waals surface area contributed by atoms with E-state index >= 15 is 0 Å². The average Bonchev–Trinajstić information content (AvgIpc) is 2.77. The first-order valence-electron chi connectivity index (χ1n) is 10.1. The standard InChI is InChI=1S/C27H21N3/c1-27-17-6-4-10-21(27)19-20-9-2-3-12-23(20)24(27)16-15-22-11-8-14-26(29-22)30-25-13-5-7-18-28-25/h2-14,18-19H,17H2,1H3,(H,28,29,30). The number of fused-ring (bicyclic) bond motifs is 2. The molecule has 0 aliphatic heterocycles. The first-order chi connectivity index (χ1) is 14.7. The summed E-state index contributed by atoms with van der Waals surface area (Å²) in [7, 11) is 0. The highest BCUT2D eigenvalue weighted by Gasteiger charge is 2.34. The zero-order valence-corrected chi connectivity index (χ0v) is 16.8. The average molecular weight is 387 g/mol. The maximum atomic E-state index is 4.66. The Morgan fingerprint density at radius 2 is 1.80 bits per heavy atom. The molecule has 1 unspecified atom stereocenters. The van der Waals surface area contributed by atoms with Gasteiger partial charge in [0.1, 0.15) is 17.3 Å². The van der Waals surface area contributed by atoms with Crippen molar-refractivity contribution in [2.24, 2.45) is 5.41 Å². The van der Waals surface area contributed by atoms with Crippen LogP contribution >= 0.6 is 0 Å². The summed E-state index contributed by atoms with van der Waals surface area (Å²) in [4.78, 5) is 8.96. The highest BCUT2D eigenvalue weighted by Crippen LogP contribution is 2.43. The highest BCUT2D eigenvalue weighted by atomic mass is 15.0. The Labute approximate surface area is 176 Å². The van der Waals surface area contributed by atoms with Gasteiger partial charge in [0.05, 0.1) is 0 Å². The third-order valence-corrected chi connectivity index (χ3v) is 5.65. The molecule has 0 radical (unpaired) electrons. The monoisotopic (exact) mass is 387 g/mol. The molecule has 2 aromatic heterocycles. The minimum Gasteiger partial charge on any atom is -0.325 e. The minimum atomic E-state index is -0.111. The van der Waals surface area contributed by atoms with E-state index in [-0.39, 0.29) is 5.41 Å². The van der Waals surface area contributed by atoms with Crippen molar-refractivity contribution >= 4 is 23.3 Å². The normalized spacial score (nSPS) is 18.8. The summed E-state index contributed by atoms with van der Waals surface area (Å²) in [5.74, 6) is 8.30. The largest absolute Gasteiger partial charge is 0.325 e. The number of allylic oxidation sites excluding steroid dienone is 4. The molecule has 2 heterocycles. The molecule has 2 aliphatic carbocycles. The second-order valence-corrected chi connectivity index (χ2v) is 7.69. The Bertz CT molecular complexity index is 1350. The number of hydrogen-bond acceptors (Lipinski definition) is 3. The van der Waals surface area contributed by atoms with E-state index in [2.05, 4.69) is 82.6 Å². The molecule has 0 bridgehead atoms. The fourth-order valence-corrected chi connectivity index (χ4v) is 4.02. The SMILES string of the molecule is CC12CC=CC=C1C=c1ccccc1=C2C#Cc1cccc(Nc2ccccn2)n1. The molecule has 1 atom stereocenters. The molecule has 1 N–H and O–H groups in total. The summed E-state index contributed by atoms with van der Waals surface area (Å²) in [6.07, 6.45) is 11.6. The molecule has 0 spiro atoms. The van der Waals surface area contributed by atoms with Crippen LogP contribution in [0.4, 0.5) is 11.6 Å². The summed E-state index contributed by atoms with van der Waals surface area (Å²) in [5, 5.41) is 5.66. The predicted octanol–water partition coefficient (Wildman–Crippen LogP) is 4.11. The van der Waals surface area contributed by atoms with Gasteiger partial charge in [-0.2, -0.15) is 0 Å². The van der Waals surface area contributed by atoms with Gasteiger partial charge in [-0.15, -0.1) is 0 Å². The van der Waals surface area contributed by atoms with Gasteiger partial charge in [0.2, 0.25) is 0 Å². The summed E-state index contributed by atoms with van der Waals surface area (Å²) in [6, 6.07) is 20.1. The van der Waals surface area contributed by atoms with E-state index in [0.717, 1.165) is 29.3 Å². The van der Waals surface area contributed by atoms with E-state index in [9.17, 15) is 0 Å². The second-order valence-electron chi connectivity index (χ2n) is 7.69. The van der Waals surface area contributed by atoms with Gasteiger partial charge < -0.3 is 5.32 Å². The van der Waals surface area contributed by atoms with Gasteiger partial charge in [0.15, 0.2) is 0 Å². The van der Waals surface area contributed by atoms with Crippen LogP contribution in [0.25, 0.3) is 11.6 Å². The number of aromatic nitrogens is 2. The lowest BCUT2D eigenvalue weighted by Gasteiger charge is -2.34. The van der Waals surface area contributed by atoms with E-state index in [0.29, 0.717) is 0 Å². The van der Waals surface area contributed by atoms with Crippen molar-refractivity contribution in [2.45, 2.75) is 13.3 Å². The minimum absolute atomic E-state index is 0.111. The maximum Gasteiger partial charge on any atom is 0.132 e. The second kappa shape index (κ2) is 7.50. The molecule has 144 valence electrons. The van der Waals surface area contributed by atoms with E-state index in [1.807, 2.05) is 36.4 Å². The highest BCUT2D eigenvalue weighted by molar-refractivity contribution is 5.80. The van der Waals surface area contributed by atoms with E-state index in [1.165, 1.54) is 16.0 Å². The summed E-state index contributed by atoms with van der Waals surface area (Å²) in [5.41, 5.74) is 3.09. The van der Waals surface area contributed by atoms with Crippen LogP contribution < -0.4 is 15.8 Å². The number of nitrogens with zero attached hydrogens (tertiary/aromatic N) is 2. The number of nitrogens with one attached hydrogen (secondary N) is 1. The van der Waals surface area contributed by atoms with Crippen molar-refractivity contribution in [3.05, 3.63) is 107 Å². The number of benzene rings is 1. The predicted molar refractivity (Wildman–Crippen MR) is 122 cm³/mol.